The molecule has 0 fully saturated rings. The van der Waals surface area contributed by atoms with Crippen molar-refractivity contribution >= 4 is 21.8 Å². The summed E-state index contributed by atoms with van der Waals surface area (Å²) in [6.07, 6.45) is 1.89. The SMILES string of the molecule is CSCCNS(=O)(=O)C(C)C#N. The molecule has 1 unspecified atom stereocenters. The van der Waals surface area contributed by atoms with E-state index in [4.69, 9.17) is 5.26 Å². The van der Waals surface area contributed by atoms with Gasteiger partial charge >= 0.3 is 0 Å². The molecule has 6 heteroatoms. The van der Waals surface area contributed by atoms with Crippen molar-refractivity contribution in [1.82, 2.24) is 4.72 Å². The molecule has 0 bridgehead atoms. The number of hydrogen-bond donors (Lipinski definition) is 1. The van der Waals surface area contributed by atoms with Gasteiger partial charge in [0.25, 0.3) is 0 Å². The summed E-state index contributed by atoms with van der Waals surface area (Å²) in [4.78, 5) is 0. The second kappa shape index (κ2) is 5.41. The summed E-state index contributed by atoms with van der Waals surface area (Å²) in [5.41, 5.74) is 0. The molecule has 4 nitrogen and oxygen atoms in total. The Morgan fingerprint density at radius 2 is 2.25 bits per heavy atom. The first-order chi connectivity index (χ1) is 5.54. The van der Waals surface area contributed by atoms with E-state index in [0.29, 0.717) is 6.54 Å². The highest BCUT2D eigenvalue weighted by Crippen LogP contribution is 1.96. The Morgan fingerprint density at radius 1 is 1.67 bits per heavy atom. The molecule has 1 atom stereocenters. The number of rotatable bonds is 5. The molecule has 0 aromatic rings. The maximum absolute atomic E-state index is 11.1. The van der Waals surface area contributed by atoms with Crippen molar-refractivity contribution in [1.29, 1.82) is 5.26 Å². The van der Waals surface area contributed by atoms with Gasteiger partial charge in [-0.2, -0.15) is 17.0 Å². The standard InChI is InChI=1S/C6H12N2O2S2/c1-6(5-7)12(9,10)8-3-4-11-2/h6,8H,3-4H2,1-2H3. The molecule has 0 aliphatic carbocycles. The molecule has 0 aromatic heterocycles. The lowest BCUT2D eigenvalue weighted by atomic mass is 10.5. The lowest BCUT2D eigenvalue weighted by Gasteiger charge is -2.05. The molecule has 0 spiro atoms. The van der Waals surface area contributed by atoms with E-state index in [1.807, 2.05) is 6.26 Å². The van der Waals surface area contributed by atoms with E-state index >= 15 is 0 Å². The van der Waals surface area contributed by atoms with Gasteiger partial charge in [-0.25, -0.2) is 13.1 Å². The van der Waals surface area contributed by atoms with Gasteiger partial charge in [-0.05, 0) is 13.2 Å². The molecule has 0 radical (unpaired) electrons. The Balaban J connectivity index is 3.99. The fourth-order valence-corrected chi connectivity index (χ4v) is 1.69. The quantitative estimate of drug-likeness (QED) is 0.654. The van der Waals surface area contributed by atoms with Crippen LogP contribution in [0.5, 0.6) is 0 Å². The van der Waals surface area contributed by atoms with Crippen molar-refractivity contribution in [3.63, 3.8) is 0 Å². The van der Waals surface area contributed by atoms with Crippen LogP contribution in [0.25, 0.3) is 0 Å². The van der Waals surface area contributed by atoms with Gasteiger partial charge in [0.2, 0.25) is 10.0 Å². The van der Waals surface area contributed by atoms with E-state index < -0.39 is 15.3 Å². The fourth-order valence-electron chi connectivity index (χ4n) is 0.480. The number of nitrogens with one attached hydrogen (secondary N) is 1. The minimum Gasteiger partial charge on any atom is -0.213 e. The second-order valence-electron chi connectivity index (χ2n) is 2.20. The predicted molar refractivity (Wildman–Crippen MR) is 50.4 cm³/mol. The average molecular weight is 208 g/mol. The van der Waals surface area contributed by atoms with Crippen LogP contribution in [0.4, 0.5) is 0 Å². The maximum Gasteiger partial charge on any atom is 0.227 e. The first kappa shape index (κ1) is 11.8. The van der Waals surface area contributed by atoms with E-state index in [-0.39, 0.29) is 0 Å². The van der Waals surface area contributed by atoms with E-state index in [1.165, 1.54) is 6.92 Å². The molecule has 0 aliphatic rings. The van der Waals surface area contributed by atoms with Crippen LogP contribution in [0.2, 0.25) is 0 Å². The largest absolute Gasteiger partial charge is 0.227 e. The highest BCUT2D eigenvalue weighted by Gasteiger charge is 2.18. The third kappa shape index (κ3) is 3.95. The summed E-state index contributed by atoms with van der Waals surface area (Å²) >= 11 is 1.55. The van der Waals surface area contributed by atoms with Crippen LogP contribution in [0.1, 0.15) is 6.92 Å². The summed E-state index contributed by atoms with van der Waals surface area (Å²) < 4.78 is 24.5. The normalized spacial score (nSPS) is 13.8. The van der Waals surface area contributed by atoms with Crippen molar-refractivity contribution in [2.75, 3.05) is 18.6 Å². The molecule has 0 saturated heterocycles. The lowest BCUT2D eigenvalue weighted by molar-refractivity contribution is 0.580. The molecular formula is C6H12N2O2S2. The van der Waals surface area contributed by atoms with Gasteiger partial charge in [-0.1, -0.05) is 0 Å². The minimum absolute atomic E-state index is 0.384. The van der Waals surface area contributed by atoms with Crippen molar-refractivity contribution in [3.05, 3.63) is 0 Å². The summed E-state index contributed by atoms with van der Waals surface area (Å²) in [5.74, 6) is 0.720. The zero-order valence-corrected chi connectivity index (χ0v) is 8.70. The first-order valence-electron chi connectivity index (χ1n) is 3.41. The van der Waals surface area contributed by atoms with E-state index in [1.54, 1.807) is 17.8 Å². The van der Waals surface area contributed by atoms with Crippen molar-refractivity contribution in [2.24, 2.45) is 0 Å². The highest BCUT2D eigenvalue weighted by atomic mass is 32.2. The Bertz CT molecular complexity index is 255. The van der Waals surface area contributed by atoms with Crippen molar-refractivity contribution < 1.29 is 8.42 Å². The molecule has 12 heavy (non-hydrogen) atoms. The lowest BCUT2D eigenvalue weighted by Crippen LogP contribution is -2.33. The van der Waals surface area contributed by atoms with Gasteiger partial charge < -0.3 is 0 Å². The Kier molecular flexibility index (Phi) is 5.29. The number of nitriles is 1. The van der Waals surface area contributed by atoms with E-state index in [9.17, 15) is 8.42 Å². The smallest absolute Gasteiger partial charge is 0.213 e. The molecule has 0 rings (SSSR count). The van der Waals surface area contributed by atoms with Gasteiger partial charge in [0.15, 0.2) is 5.25 Å². The van der Waals surface area contributed by atoms with Gasteiger partial charge in [-0.15, -0.1) is 0 Å². The topological polar surface area (TPSA) is 70.0 Å². The molecule has 0 heterocycles. The van der Waals surface area contributed by atoms with Crippen LogP contribution >= 0.6 is 11.8 Å². The van der Waals surface area contributed by atoms with E-state index in [2.05, 4.69) is 4.72 Å². The molecular weight excluding hydrogens is 196 g/mol. The first-order valence-corrected chi connectivity index (χ1v) is 6.35. The zero-order chi connectivity index (χ0) is 9.61. The molecule has 0 aliphatic heterocycles. The fraction of sp³-hybridized carbons (Fsp3) is 0.833. The van der Waals surface area contributed by atoms with Gasteiger partial charge in [0, 0.05) is 12.3 Å². The number of nitrogens with zero attached hydrogens (tertiary/aromatic N) is 1. The predicted octanol–water partition coefficient (Wildman–Crippen LogP) is 0.181. The number of thioether (sulfide) groups is 1. The van der Waals surface area contributed by atoms with Crippen LogP contribution < -0.4 is 4.72 Å². The van der Waals surface area contributed by atoms with Gasteiger partial charge in [-0.3, -0.25) is 0 Å². The Hall–Kier alpha value is -0.250. The molecule has 1 N–H and O–H groups in total. The highest BCUT2D eigenvalue weighted by molar-refractivity contribution is 7.98. The van der Waals surface area contributed by atoms with Crippen LogP contribution in [-0.4, -0.2) is 32.2 Å². The van der Waals surface area contributed by atoms with Crippen LogP contribution in [0, 0.1) is 11.3 Å². The molecule has 0 saturated carbocycles. The molecule has 70 valence electrons. The number of sulfonamides is 1. The average Bonchev–Trinajstić information content (AvgIpc) is 2.03. The van der Waals surface area contributed by atoms with E-state index in [0.717, 1.165) is 5.75 Å². The van der Waals surface area contributed by atoms with Crippen molar-refractivity contribution in [2.45, 2.75) is 12.2 Å². The number of hydrogen-bond acceptors (Lipinski definition) is 4. The summed E-state index contributed by atoms with van der Waals surface area (Å²) in [5, 5.41) is 7.38. The molecule has 0 amide bonds. The van der Waals surface area contributed by atoms with Crippen LogP contribution in [0.3, 0.4) is 0 Å². The Labute approximate surface area is 77.4 Å². The second-order valence-corrected chi connectivity index (χ2v) is 5.27. The van der Waals surface area contributed by atoms with Crippen LogP contribution in [0.15, 0.2) is 0 Å². The third-order valence-electron chi connectivity index (χ3n) is 1.26. The third-order valence-corrected chi connectivity index (χ3v) is 3.51. The summed E-state index contributed by atoms with van der Waals surface area (Å²) in [7, 11) is -3.41. The maximum atomic E-state index is 11.1. The Morgan fingerprint density at radius 3 is 2.67 bits per heavy atom. The minimum atomic E-state index is -3.41. The van der Waals surface area contributed by atoms with Crippen LogP contribution in [-0.2, 0) is 10.0 Å². The monoisotopic (exact) mass is 208 g/mol. The van der Waals surface area contributed by atoms with Gasteiger partial charge in [0.05, 0.1) is 6.07 Å². The zero-order valence-electron chi connectivity index (χ0n) is 7.07. The summed E-state index contributed by atoms with van der Waals surface area (Å²) in [6, 6.07) is 1.67. The summed E-state index contributed by atoms with van der Waals surface area (Å²) in [6.45, 7) is 1.75. The van der Waals surface area contributed by atoms with Gasteiger partial charge in [0.1, 0.15) is 0 Å². The molecule has 0 aromatic carbocycles. The van der Waals surface area contributed by atoms with Crippen molar-refractivity contribution in [3.8, 4) is 6.07 Å².